The summed E-state index contributed by atoms with van der Waals surface area (Å²) in [5.41, 5.74) is 0. The molecule has 1 rings (SSSR count). The van der Waals surface area contributed by atoms with Crippen LogP contribution in [0.3, 0.4) is 0 Å². The van der Waals surface area contributed by atoms with Crippen molar-refractivity contribution >= 4 is 14.3 Å². The number of ether oxygens (including phenoxy) is 1. The lowest BCUT2D eigenvalue weighted by atomic mass is 9.83. The zero-order valence-electron chi connectivity index (χ0n) is 15.9. The van der Waals surface area contributed by atoms with Gasteiger partial charge in [-0.15, -0.1) is 0 Å². The minimum Gasteiger partial charge on any atom is -0.466 e. The van der Waals surface area contributed by atoms with Gasteiger partial charge in [-0.25, -0.2) is 0 Å². The van der Waals surface area contributed by atoms with Gasteiger partial charge in [-0.3, -0.25) is 4.79 Å². The third kappa shape index (κ3) is 4.57. The molecule has 22 heavy (non-hydrogen) atoms. The van der Waals surface area contributed by atoms with Gasteiger partial charge < -0.3 is 9.16 Å². The molecule has 1 saturated carbocycles. The summed E-state index contributed by atoms with van der Waals surface area (Å²) in [6, 6.07) is 0. The molecule has 0 unspecified atom stereocenters. The molecule has 4 heteroatoms. The molecule has 0 aromatic carbocycles. The van der Waals surface area contributed by atoms with Crippen LogP contribution in [0.15, 0.2) is 0 Å². The highest BCUT2D eigenvalue weighted by Gasteiger charge is 2.43. The van der Waals surface area contributed by atoms with Crippen molar-refractivity contribution in [2.75, 3.05) is 13.2 Å². The summed E-state index contributed by atoms with van der Waals surface area (Å²) >= 11 is 0. The third-order valence-electron chi connectivity index (χ3n) is 5.98. The maximum absolute atomic E-state index is 12.1. The van der Waals surface area contributed by atoms with Crippen molar-refractivity contribution in [3.63, 3.8) is 0 Å². The van der Waals surface area contributed by atoms with Gasteiger partial charge in [0.1, 0.15) is 0 Å². The average Bonchev–Trinajstić information content (AvgIpc) is 2.75. The number of hydrogen-bond donors (Lipinski definition) is 0. The van der Waals surface area contributed by atoms with E-state index in [1.54, 1.807) is 0 Å². The van der Waals surface area contributed by atoms with Gasteiger partial charge in [0.25, 0.3) is 0 Å². The van der Waals surface area contributed by atoms with Crippen LogP contribution in [0.4, 0.5) is 0 Å². The Bertz CT molecular complexity index is 373. The fourth-order valence-corrected chi connectivity index (χ4v) is 4.23. The number of rotatable bonds is 6. The van der Waals surface area contributed by atoms with Crippen molar-refractivity contribution in [3.05, 3.63) is 0 Å². The first kappa shape index (κ1) is 19.7. The topological polar surface area (TPSA) is 35.5 Å². The largest absolute Gasteiger partial charge is 0.466 e. The summed E-state index contributed by atoms with van der Waals surface area (Å²) in [7, 11) is -1.72. The van der Waals surface area contributed by atoms with Crippen molar-refractivity contribution in [1.82, 2.24) is 0 Å². The van der Waals surface area contributed by atoms with E-state index in [1.807, 2.05) is 13.8 Å². The molecular formula is C18H36O3Si. The molecule has 0 aliphatic heterocycles. The predicted molar refractivity (Wildman–Crippen MR) is 94.3 cm³/mol. The van der Waals surface area contributed by atoms with Gasteiger partial charge in [-0.1, -0.05) is 41.0 Å². The summed E-state index contributed by atoms with van der Waals surface area (Å²) in [6.45, 7) is 18.9. The van der Waals surface area contributed by atoms with E-state index in [4.69, 9.17) is 9.16 Å². The zero-order valence-corrected chi connectivity index (χ0v) is 16.9. The molecule has 0 radical (unpaired) electrons. The molecule has 0 N–H and O–H groups in total. The Labute approximate surface area is 138 Å². The molecular weight excluding hydrogens is 292 g/mol. The zero-order chi connectivity index (χ0) is 17.1. The number of esters is 1. The second-order valence-corrected chi connectivity index (χ2v) is 13.3. The molecule has 1 fully saturated rings. The standard InChI is InChI=1S/C18H36O3Si/c1-9-20-17(19)14(3)15-11-10-13(2)16(15)12-21-22(7,8)18(4,5)6/h13-16H,9-12H2,1-8H3/t13-,14-,15+,16+/m0/s1. The van der Waals surface area contributed by atoms with Crippen molar-refractivity contribution in [1.29, 1.82) is 0 Å². The molecule has 0 saturated heterocycles. The van der Waals surface area contributed by atoms with Gasteiger partial charge in [-0.05, 0) is 49.2 Å². The van der Waals surface area contributed by atoms with Crippen LogP contribution in [0.25, 0.3) is 0 Å². The SMILES string of the molecule is CCOC(=O)[C@@H](C)[C@H]1CC[C@H](C)[C@H]1CO[Si](C)(C)C(C)(C)C. The lowest BCUT2D eigenvalue weighted by Crippen LogP contribution is -2.43. The summed E-state index contributed by atoms with van der Waals surface area (Å²) in [5, 5.41) is 0.233. The quantitative estimate of drug-likeness (QED) is 0.515. The van der Waals surface area contributed by atoms with Crippen LogP contribution in [0, 0.1) is 23.7 Å². The minimum absolute atomic E-state index is 0.0158. The van der Waals surface area contributed by atoms with E-state index >= 15 is 0 Å². The third-order valence-corrected chi connectivity index (χ3v) is 10.5. The van der Waals surface area contributed by atoms with Gasteiger partial charge in [-0.2, -0.15) is 0 Å². The Balaban J connectivity index is 2.72. The Morgan fingerprint density at radius 2 is 1.86 bits per heavy atom. The van der Waals surface area contributed by atoms with Gasteiger partial charge >= 0.3 is 5.97 Å². The Hall–Kier alpha value is -0.353. The van der Waals surface area contributed by atoms with Crippen LogP contribution in [-0.2, 0) is 14.0 Å². The van der Waals surface area contributed by atoms with Crippen LogP contribution in [0.2, 0.25) is 18.1 Å². The number of carbonyl (C=O) groups excluding carboxylic acids is 1. The molecule has 0 heterocycles. The van der Waals surface area contributed by atoms with E-state index in [0.29, 0.717) is 24.4 Å². The van der Waals surface area contributed by atoms with Gasteiger partial charge in [0.2, 0.25) is 0 Å². The Kier molecular flexibility index (Phi) is 6.69. The van der Waals surface area contributed by atoms with Crippen LogP contribution in [0.5, 0.6) is 0 Å². The fraction of sp³-hybridized carbons (Fsp3) is 0.944. The van der Waals surface area contributed by atoms with Crippen LogP contribution < -0.4 is 0 Å². The highest BCUT2D eigenvalue weighted by Crippen LogP contribution is 2.43. The second kappa shape index (κ2) is 7.48. The number of carbonyl (C=O) groups is 1. The molecule has 0 aromatic heterocycles. The first-order valence-corrected chi connectivity index (χ1v) is 11.7. The normalized spacial score (nSPS) is 27.7. The first-order valence-electron chi connectivity index (χ1n) is 8.81. The lowest BCUT2D eigenvalue weighted by Gasteiger charge is -2.38. The van der Waals surface area contributed by atoms with Crippen molar-refractivity contribution in [2.45, 2.75) is 72.5 Å². The molecule has 3 nitrogen and oxygen atoms in total. The van der Waals surface area contributed by atoms with E-state index in [1.165, 1.54) is 6.42 Å². The Morgan fingerprint density at radius 3 is 2.36 bits per heavy atom. The van der Waals surface area contributed by atoms with E-state index in [-0.39, 0.29) is 16.9 Å². The van der Waals surface area contributed by atoms with E-state index < -0.39 is 8.32 Å². The highest BCUT2D eigenvalue weighted by atomic mass is 28.4. The summed E-state index contributed by atoms with van der Waals surface area (Å²) in [6.07, 6.45) is 2.31. The second-order valence-electron chi connectivity index (χ2n) is 8.49. The maximum Gasteiger partial charge on any atom is 0.308 e. The van der Waals surface area contributed by atoms with Crippen LogP contribution >= 0.6 is 0 Å². The van der Waals surface area contributed by atoms with Crippen molar-refractivity contribution in [2.24, 2.45) is 23.7 Å². The average molecular weight is 329 g/mol. The van der Waals surface area contributed by atoms with Crippen molar-refractivity contribution in [3.8, 4) is 0 Å². The first-order chi connectivity index (χ1) is 10.0. The molecule has 0 aromatic rings. The molecule has 0 amide bonds. The molecule has 4 atom stereocenters. The van der Waals surface area contributed by atoms with Crippen LogP contribution in [-0.4, -0.2) is 27.5 Å². The maximum atomic E-state index is 12.1. The lowest BCUT2D eigenvalue weighted by molar-refractivity contribution is -0.150. The summed E-state index contributed by atoms with van der Waals surface area (Å²) in [4.78, 5) is 12.1. The summed E-state index contributed by atoms with van der Waals surface area (Å²) < 4.78 is 11.7. The fourth-order valence-electron chi connectivity index (χ4n) is 3.18. The molecule has 1 aliphatic rings. The van der Waals surface area contributed by atoms with E-state index in [0.717, 1.165) is 13.0 Å². The van der Waals surface area contributed by atoms with E-state index in [2.05, 4.69) is 40.8 Å². The molecule has 0 bridgehead atoms. The van der Waals surface area contributed by atoms with Gasteiger partial charge in [0, 0.05) is 6.61 Å². The highest BCUT2D eigenvalue weighted by molar-refractivity contribution is 6.74. The Morgan fingerprint density at radius 1 is 1.27 bits per heavy atom. The monoisotopic (exact) mass is 328 g/mol. The van der Waals surface area contributed by atoms with Crippen LogP contribution in [0.1, 0.15) is 54.4 Å². The molecule has 0 spiro atoms. The number of hydrogen-bond acceptors (Lipinski definition) is 3. The molecule has 130 valence electrons. The van der Waals surface area contributed by atoms with Gasteiger partial charge in [0.05, 0.1) is 12.5 Å². The molecule has 1 aliphatic carbocycles. The summed E-state index contributed by atoms with van der Waals surface area (Å²) in [5.74, 6) is 1.45. The predicted octanol–water partition coefficient (Wildman–Crippen LogP) is 4.87. The van der Waals surface area contributed by atoms with Crippen molar-refractivity contribution < 1.29 is 14.0 Å². The van der Waals surface area contributed by atoms with E-state index in [9.17, 15) is 4.79 Å². The minimum atomic E-state index is -1.72. The smallest absolute Gasteiger partial charge is 0.308 e. The van der Waals surface area contributed by atoms with Gasteiger partial charge in [0.15, 0.2) is 8.32 Å².